The third-order valence-electron chi connectivity index (χ3n) is 4.60. The van der Waals surface area contributed by atoms with Crippen LogP contribution in [0.4, 0.5) is 0 Å². The van der Waals surface area contributed by atoms with E-state index in [4.69, 9.17) is 14.9 Å². The van der Waals surface area contributed by atoms with Crippen molar-refractivity contribution in [3.63, 3.8) is 0 Å². The molecule has 2 rings (SSSR count). The molecule has 12 heteroatoms. The molecular weight excluding hydrogens is 426 g/mol. The molecule has 0 saturated heterocycles. The molecule has 1 aliphatic rings. The van der Waals surface area contributed by atoms with Crippen molar-refractivity contribution in [2.24, 2.45) is 0 Å². The molecule has 1 aromatic rings. The predicted octanol–water partition coefficient (Wildman–Crippen LogP) is -0.762. The minimum absolute atomic E-state index is 0.0560. The van der Waals surface area contributed by atoms with Crippen molar-refractivity contribution < 1.29 is 43.7 Å². The molecule has 0 bridgehead atoms. The quantitative estimate of drug-likeness (QED) is 0.236. The van der Waals surface area contributed by atoms with Gasteiger partial charge in [-0.05, 0) is 25.5 Å². The predicted molar refractivity (Wildman–Crippen MR) is 107 cm³/mol. The second-order valence-electron chi connectivity index (χ2n) is 6.98. The Morgan fingerprint density at radius 2 is 1.62 bits per heavy atom. The summed E-state index contributed by atoms with van der Waals surface area (Å²) in [5.74, 6) is -4.96. The molecule has 0 unspecified atom stereocenters. The van der Waals surface area contributed by atoms with E-state index in [0.717, 1.165) is 4.90 Å². The zero-order valence-electron chi connectivity index (χ0n) is 17.2. The number of ether oxygens (including phenoxy) is 1. The molecule has 0 spiro atoms. The third kappa shape index (κ3) is 6.35. The van der Waals surface area contributed by atoms with Gasteiger partial charge in [0.1, 0.15) is 18.7 Å². The second-order valence-corrected chi connectivity index (χ2v) is 6.98. The molecule has 2 atom stereocenters. The van der Waals surface area contributed by atoms with Crippen LogP contribution >= 0.6 is 0 Å². The standard InChI is InChI=1S/C20H23N3O9/c1-11(17(27)22-14(20(30)31)6-7-16(25)26)21-15(24)10-32-9-8-23-18(28)12-4-2-3-5-13(12)19(23)29/h2-5,11,14H,6-10H2,1H3,(H,21,24)(H,22,27)(H,25,26)(H,30,31)/t11-,14-/m1/s1. The van der Waals surface area contributed by atoms with Crippen molar-refractivity contribution >= 4 is 35.6 Å². The Labute approximate surface area is 182 Å². The van der Waals surface area contributed by atoms with Crippen LogP contribution in [0.15, 0.2) is 24.3 Å². The van der Waals surface area contributed by atoms with Crippen LogP contribution in [-0.4, -0.2) is 82.5 Å². The van der Waals surface area contributed by atoms with Gasteiger partial charge in [0.15, 0.2) is 0 Å². The number of carbonyl (C=O) groups is 6. The van der Waals surface area contributed by atoms with E-state index in [1.54, 1.807) is 24.3 Å². The summed E-state index contributed by atoms with van der Waals surface area (Å²) in [4.78, 5) is 71.2. The number of rotatable bonds is 12. The van der Waals surface area contributed by atoms with Crippen LogP contribution in [0.2, 0.25) is 0 Å². The normalized spacial score (nSPS) is 14.5. The summed E-state index contributed by atoms with van der Waals surface area (Å²) >= 11 is 0. The van der Waals surface area contributed by atoms with Crippen LogP contribution in [0.3, 0.4) is 0 Å². The summed E-state index contributed by atoms with van der Waals surface area (Å²) in [6.07, 6.45) is -0.753. The molecule has 1 aromatic carbocycles. The van der Waals surface area contributed by atoms with Crippen LogP contribution in [0.5, 0.6) is 0 Å². The van der Waals surface area contributed by atoms with Gasteiger partial charge in [0.2, 0.25) is 11.8 Å². The zero-order valence-corrected chi connectivity index (χ0v) is 17.2. The first-order valence-corrected chi connectivity index (χ1v) is 9.69. The lowest BCUT2D eigenvalue weighted by molar-refractivity contribution is -0.143. The van der Waals surface area contributed by atoms with Crippen LogP contribution in [0, 0.1) is 0 Å². The number of amides is 4. The molecule has 0 saturated carbocycles. The summed E-state index contributed by atoms with van der Waals surface area (Å²) < 4.78 is 5.17. The average molecular weight is 449 g/mol. The summed E-state index contributed by atoms with van der Waals surface area (Å²) in [5.41, 5.74) is 0.608. The molecule has 4 amide bonds. The van der Waals surface area contributed by atoms with Crippen LogP contribution in [0.25, 0.3) is 0 Å². The fourth-order valence-electron chi connectivity index (χ4n) is 2.93. The van der Waals surface area contributed by atoms with Crippen LogP contribution < -0.4 is 10.6 Å². The maximum atomic E-state index is 12.2. The van der Waals surface area contributed by atoms with Crippen molar-refractivity contribution in [1.82, 2.24) is 15.5 Å². The van der Waals surface area contributed by atoms with Gasteiger partial charge in [0.05, 0.1) is 24.3 Å². The number of hydrogen-bond donors (Lipinski definition) is 4. The first-order chi connectivity index (χ1) is 15.1. The van der Waals surface area contributed by atoms with Gasteiger partial charge < -0.3 is 25.6 Å². The highest BCUT2D eigenvalue weighted by Crippen LogP contribution is 2.21. The highest BCUT2D eigenvalue weighted by Gasteiger charge is 2.34. The summed E-state index contributed by atoms with van der Waals surface area (Å²) in [7, 11) is 0. The minimum Gasteiger partial charge on any atom is -0.481 e. The molecule has 1 heterocycles. The molecule has 4 N–H and O–H groups in total. The summed E-state index contributed by atoms with van der Waals surface area (Å²) in [5, 5.41) is 22.2. The molecule has 1 aliphatic heterocycles. The highest BCUT2D eigenvalue weighted by atomic mass is 16.5. The third-order valence-corrected chi connectivity index (χ3v) is 4.60. The van der Waals surface area contributed by atoms with Crippen molar-refractivity contribution in [2.45, 2.75) is 31.8 Å². The monoisotopic (exact) mass is 449 g/mol. The number of carboxylic acids is 2. The number of hydrogen-bond acceptors (Lipinski definition) is 7. The fraction of sp³-hybridized carbons (Fsp3) is 0.400. The molecular formula is C20H23N3O9. The Kier molecular flexibility index (Phi) is 8.41. The molecule has 12 nitrogen and oxygen atoms in total. The van der Waals surface area contributed by atoms with Crippen molar-refractivity contribution in [3.8, 4) is 0 Å². The Morgan fingerprint density at radius 3 is 2.16 bits per heavy atom. The molecule has 0 fully saturated rings. The van der Waals surface area contributed by atoms with Gasteiger partial charge in [-0.2, -0.15) is 0 Å². The van der Waals surface area contributed by atoms with E-state index >= 15 is 0 Å². The molecule has 32 heavy (non-hydrogen) atoms. The number of nitrogens with zero attached hydrogens (tertiary/aromatic N) is 1. The van der Waals surface area contributed by atoms with Crippen molar-refractivity contribution in [3.05, 3.63) is 35.4 Å². The Balaban J connectivity index is 1.73. The van der Waals surface area contributed by atoms with E-state index in [9.17, 15) is 28.8 Å². The Morgan fingerprint density at radius 1 is 1.03 bits per heavy atom. The maximum absolute atomic E-state index is 12.2. The van der Waals surface area contributed by atoms with Gasteiger partial charge >= 0.3 is 11.9 Å². The molecule has 172 valence electrons. The van der Waals surface area contributed by atoms with Crippen molar-refractivity contribution in [1.29, 1.82) is 0 Å². The largest absolute Gasteiger partial charge is 0.481 e. The van der Waals surface area contributed by atoms with E-state index < -0.39 is 60.7 Å². The number of carbonyl (C=O) groups excluding carboxylic acids is 4. The van der Waals surface area contributed by atoms with Crippen LogP contribution in [-0.2, 0) is 23.9 Å². The lowest BCUT2D eigenvalue weighted by Crippen LogP contribution is -2.51. The van der Waals surface area contributed by atoms with E-state index in [1.165, 1.54) is 6.92 Å². The van der Waals surface area contributed by atoms with Gasteiger partial charge in [-0.1, -0.05) is 12.1 Å². The topological polar surface area (TPSA) is 179 Å². The Bertz CT molecular complexity index is 896. The highest BCUT2D eigenvalue weighted by molar-refractivity contribution is 6.21. The van der Waals surface area contributed by atoms with Gasteiger partial charge in [-0.25, -0.2) is 4.79 Å². The molecule has 0 aliphatic carbocycles. The summed E-state index contributed by atoms with van der Waals surface area (Å²) in [6.45, 7) is 0.708. The van der Waals surface area contributed by atoms with Gasteiger partial charge in [-0.3, -0.25) is 28.9 Å². The average Bonchev–Trinajstić information content (AvgIpc) is 2.98. The first kappa shape index (κ1) is 24.5. The molecule has 0 aromatic heterocycles. The van der Waals surface area contributed by atoms with Gasteiger partial charge in [0.25, 0.3) is 11.8 Å². The molecule has 0 radical (unpaired) electrons. The number of aliphatic carboxylic acids is 2. The van der Waals surface area contributed by atoms with E-state index in [1.807, 2.05) is 0 Å². The first-order valence-electron chi connectivity index (χ1n) is 9.69. The smallest absolute Gasteiger partial charge is 0.326 e. The zero-order chi connectivity index (χ0) is 23.8. The lowest BCUT2D eigenvalue weighted by Gasteiger charge is -2.18. The summed E-state index contributed by atoms with van der Waals surface area (Å²) in [6, 6.07) is 3.88. The van der Waals surface area contributed by atoms with Crippen molar-refractivity contribution in [2.75, 3.05) is 19.8 Å². The van der Waals surface area contributed by atoms with E-state index in [2.05, 4.69) is 10.6 Å². The number of imide groups is 1. The van der Waals surface area contributed by atoms with Gasteiger partial charge in [-0.15, -0.1) is 0 Å². The lowest BCUT2D eigenvalue weighted by atomic mass is 10.1. The SMILES string of the molecule is C[C@@H](NC(=O)COCCN1C(=O)c2ccccc2C1=O)C(=O)N[C@H](CCC(=O)O)C(=O)O. The second kappa shape index (κ2) is 11.0. The van der Waals surface area contributed by atoms with E-state index in [0.29, 0.717) is 11.1 Å². The maximum Gasteiger partial charge on any atom is 0.326 e. The minimum atomic E-state index is -1.41. The number of fused-ring (bicyclic) bond motifs is 1. The fourth-order valence-corrected chi connectivity index (χ4v) is 2.93. The number of nitrogens with one attached hydrogen (secondary N) is 2. The Hall–Kier alpha value is -3.80. The number of benzene rings is 1. The van der Waals surface area contributed by atoms with Crippen LogP contribution in [0.1, 0.15) is 40.5 Å². The van der Waals surface area contributed by atoms with Gasteiger partial charge in [0, 0.05) is 6.42 Å². The number of carboxylic acid groups (broad SMARTS) is 2. The van der Waals surface area contributed by atoms with E-state index in [-0.39, 0.29) is 19.6 Å².